The molecule has 0 fully saturated rings. The normalized spacial score (nSPS) is 11.2. The van der Waals surface area contributed by atoms with Crippen LogP contribution in [-0.4, -0.2) is 25.3 Å². The summed E-state index contributed by atoms with van der Waals surface area (Å²) in [5.74, 6) is -1.02. The molecule has 1 rings (SSSR count). The molecule has 0 aromatic heterocycles. The zero-order chi connectivity index (χ0) is 13.7. The Labute approximate surface area is 105 Å². The Bertz CT molecular complexity index is 480. The van der Waals surface area contributed by atoms with Crippen LogP contribution in [0.25, 0.3) is 5.57 Å². The number of methoxy groups -OCH3 is 2. The molecular formula is C13H15FO4. The third kappa shape index (κ3) is 3.00. The highest BCUT2D eigenvalue weighted by Crippen LogP contribution is 2.33. The summed E-state index contributed by atoms with van der Waals surface area (Å²) in [5.41, 5.74) is 0.596. The number of allylic oxidation sites excluding steroid dienone is 1. The van der Waals surface area contributed by atoms with Crippen LogP contribution < -0.4 is 9.47 Å². The maximum Gasteiger partial charge on any atom is 0.328 e. The van der Waals surface area contributed by atoms with E-state index in [1.54, 1.807) is 6.92 Å². The van der Waals surface area contributed by atoms with Crippen molar-refractivity contribution in [1.29, 1.82) is 0 Å². The molecule has 0 saturated heterocycles. The Balaban J connectivity index is 3.36. The fourth-order valence-electron chi connectivity index (χ4n) is 1.62. The van der Waals surface area contributed by atoms with E-state index in [0.717, 1.165) is 6.08 Å². The van der Waals surface area contributed by atoms with Crippen LogP contribution in [0.4, 0.5) is 4.39 Å². The van der Waals surface area contributed by atoms with E-state index >= 15 is 0 Å². The molecule has 0 bridgehead atoms. The molecule has 0 unspecified atom stereocenters. The summed E-state index contributed by atoms with van der Waals surface area (Å²) in [5, 5.41) is 8.74. The first kappa shape index (κ1) is 14.0. The highest BCUT2D eigenvalue weighted by Gasteiger charge is 2.14. The molecule has 0 aliphatic heterocycles. The van der Waals surface area contributed by atoms with Crippen molar-refractivity contribution in [2.75, 3.05) is 14.2 Å². The van der Waals surface area contributed by atoms with Crippen molar-refractivity contribution >= 4 is 11.5 Å². The van der Waals surface area contributed by atoms with Crippen LogP contribution >= 0.6 is 0 Å². The molecule has 1 aromatic carbocycles. The predicted molar refractivity (Wildman–Crippen MR) is 65.4 cm³/mol. The van der Waals surface area contributed by atoms with Gasteiger partial charge in [-0.1, -0.05) is 6.92 Å². The van der Waals surface area contributed by atoms with Gasteiger partial charge in [0.25, 0.3) is 0 Å². The molecule has 1 aromatic rings. The number of aliphatic carboxylic acids is 1. The van der Waals surface area contributed by atoms with E-state index in [0.29, 0.717) is 17.7 Å². The summed E-state index contributed by atoms with van der Waals surface area (Å²) in [6, 6.07) is 2.62. The summed E-state index contributed by atoms with van der Waals surface area (Å²) in [7, 11) is 2.84. The van der Waals surface area contributed by atoms with Gasteiger partial charge < -0.3 is 14.6 Å². The first-order valence-electron chi connectivity index (χ1n) is 5.38. The molecule has 4 nitrogen and oxygen atoms in total. The van der Waals surface area contributed by atoms with Crippen molar-refractivity contribution in [2.24, 2.45) is 0 Å². The van der Waals surface area contributed by atoms with Crippen molar-refractivity contribution in [3.63, 3.8) is 0 Å². The molecule has 0 atom stereocenters. The molecule has 18 heavy (non-hydrogen) atoms. The van der Waals surface area contributed by atoms with Crippen molar-refractivity contribution in [1.82, 2.24) is 0 Å². The van der Waals surface area contributed by atoms with Gasteiger partial charge >= 0.3 is 5.97 Å². The van der Waals surface area contributed by atoms with Gasteiger partial charge in [0.15, 0.2) is 11.5 Å². The molecule has 0 radical (unpaired) electrons. The molecule has 0 spiro atoms. The lowest BCUT2D eigenvalue weighted by atomic mass is 10.0. The number of halogens is 1. The van der Waals surface area contributed by atoms with Gasteiger partial charge in [0.05, 0.1) is 14.2 Å². The number of benzene rings is 1. The molecule has 0 heterocycles. The lowest BCUT2D eigenvalue weighted by molar-refractivity contribution is -0.131. The second kappa shape index (κ2) is 6.05. The van der Waals surface area contributed by atoms with Crippen molar-refractivity contribution in [3.8, 4) is 11.5 Å². The second-order valence-electron chi connectivity index (χ2n) is 3.55. The topological polar surface area (TPSA) is 55.8 Å². The highest BCUT2D eigenvalue weighted by atomic mass is 19.1. The Hall–Kier alpha value is -2.04. The Morgan fingerprint density at radius 1 is 1.33 bits per heavy atom. The number of ether oxygens (including phenoxy) is 2. The molecule has 1 N–H and O–H groups in total. The molecule has 98 valence electrons. The van der Waals surface area contributed by atoms with Crippen LogP contribution in [0.2, 0.25) is 0 Å². The summed E-state index contributed by atoms with van der Waals surface area (Å²) >= 11 is 0. The maximum absolute atomic E-state index is 13.9. The average Bonchev–Trinajstić information content (AvgIpc) is 2.35. The van der Waals surface area contributed by atoms with E-state index in [1.165, 1.54) is 26.4 Å². The number of carboxylic acid groups (broad SMARTS) is 1. The van der Waals surface area contributed by atoms with Crippen molar-refractivity contribution < 1.29 is 23.8 Å². The first-order valence-corrected chi connectivity index (χ1v) is 5.38. The number of carbonyl (C=O) groups is 1. The SMILES string of the molecule is CC/C(=C\C(=O)O)c1cc(OC)c(OC)cc1F. The Kier molecular flexibility index (Phi) is 4.71. The average molecular weight is 254 g/mol. The number of rotatable bonds is 5. The van der Waals surface area contributed by atoms with Gasteiger partial charge in [-0.15, -0.1) is 0 Å². The Morgan fingerprint density at radius 2 is 1.89 bits per heavy atom. The van der Waals surface area contributed by atoms with Gasteiger partial charge in [-0.05, 0) is 18.1 Å². The molecule has 0 aliphatic carbocycles. The van der Waals surface area contributed by atoms with Gasteiger partial charge in [-0.25, -0.2) is 9.18 Å². The predicted octanol–water partition coefficient (Wildman–Crippen LogP) is 2.72. The monoisotopic (exact) mass is 254 g/mol. The summed E-state index contributed by atoms with van der Waals surface area (Å²) in [6.45, 7) is 1.75. The van der Waals surface area contributed by atoms with Crippen LogP contribution in [0.3, 0.4) is 0 Å². The van der Waals surface area contributed by atoms with E-state index in [1.807, 2.05) is 0 Å². The Morgan fingerprint density at radius 3 is 2.33 bits per heavy atom. The smallest absolute Gasteiger partial charge is 0.328 e. The maximum atomic E-state index is 13.9. The lowest BCUT2D eigenvalue weighted by Crippen LogP contribution is -1.98. The second-order valence-corrected chi connectivity index (χ2v) is 3.55. The van der Waals surface area contributed by atoms with Crippen LogP contribution in [0.1, 0.15) is 18.9 Å². The highest BCUT2D eigenvalue weighted by molar-refractivity contribution is 5.90. The summed E-state index contributed by atoms with van der Waals surface area (Å²) in [4.78, 5) is 10.7. The molecular weight excluding hydrogens is 239 g/mol. The first-order chi connectivity index (χ1) is 8.53. The van der Waals surface area contributed by atoms with Crippen LogP contribution in [0, 0.1) is 5.82 Å². The van der Waals surface area contributed by atoms with E-state index < -0.39 is 11.8 Å². The number of hydrogen-bond donors (Lipinski definition) is 1. The minimum atomic E-state index is -1.11. The zero-order valence-electron chi connectivity index (χ0n) is 10.5. The summed E-state index contributed by atoms with van der Waals surface area (Å²) < 4.78 is 23.9. The van der Waals surface area contributed by atoms with E-state index in [-0.39, 0.29) is 11.3 Å². The fraction of sp³-hybridized carbons (Fsp3) is 0.308. The zero-order valence-corrected chi connectivity index (χ0v) is 10.5. The van der Waals surface area contributed by atoms with Gasteiger partial charge in [-0.2, -0.15) is 0 Å². The largest absolute Gasteiger partial charge is 0.493 e. The molecule has 0 saturated carbocycles. The van der Waals surface area contributed by atoms with E-state index in [2.05, 4.69) is 0 Å². The van der Waals surface area contributed by atoms with Crippen LogP contribution in [-0.2, 0) is 4.79 Å². The van der Waals surface area contributed by atoms with Crippen LogP contribution in [0.15, 0.2) is 18.2 Å². The van der Waals surface area contributed by atoms with Gasteiger partial charge in [0.2, 0.25) is 0 Å². The van der Waals surface area contributed by atoms with Crippen LogP contribution in [0.5, 0.6) is 11.5 Å². The molecule has 0 aliphatic rings. The van der Waals surface area contributed by atoms with Gasteiger partial charge in [0.1, 0.15) is 5.82 Å². The van der Waals surface area contributed by atoms with E-state index in [9.17, 15) is 9.18 Å². The minimum absolute atomic E-state index is 0.206. The third-order valence-corrected chi connectivity index (χ3v) is 2.50. The van der Waals surface area contributed by atoms with E-state index in [4.69, 9.17) is 14.6 Å². The minimum Gasteiger partial charge on any atom is -0.493 e. The summed E-state index contributed by atoms with van der Waals surface area (Å²) in [6.07, 6.45) is 1.39. The molecule has 5 heteroatoms. The number of hydrogen-bond acceptors (Lipinski definition) is 3. The van der Waals surface area contributed by atoms with Gasteiger partial charge in [0, 0.05) is 17.7 Å². The van der Waals surface area contributed by atoms with Crippen molar-refractivity contribution in [2.45, 2.75) is 13.3 Å². The third-order valence-electron chi connectivity index (χ3n) is 2.50. The lowest BCUT2D eigenvalue weighted by Gasteiger charge is -2.12. The van der Waals surface area contributed by atoms with Crippen molar-refractivity contribution in [3.05, 3.63) is 29.6 Å². The fourth-order valence-corrected chi connectivity index (χ4v) is 1.62. The standard InChI is InChI=1S/C13H15FO4/c1-4-8(5-13(15)16)9-6-11(17-2)12(18-3)7-10(9)14/h5-7H,4H2,1-3H3,(H,15,16)/b8-5+. The quantitative estimate of drug-likeness (QED) is 0.821. The van der Waals surface area contributed by atoms with Gasteiger partial charge in [-0.3, -0.25) is 0 Å². The number of carboxylic acids is 1. The molecule has 0 amide bonds.